The number of benzene rings is 2. The summed E-state index contributed by atoms with van der Waals surface area (Å²) in [6.45, 7) is 3.57. The molecule has 2 aromatic carbocycles. The summed E-state index contributed by atoms with van der Waals surface area (Å²) in [7, 11) is -3.64. The van der Waals surface area contributed by atoms with Crippen molar-refractivity contribution in [1.82, 2.24) is 14.5 Å². The first kappa shape index (κ1) is 21.3. The van der Waals surface area contributed by atoms with E-state index in [9.17, 15) is 8.42 Å². The van der Waals surface area contributed by atoms with Crippen LogP contribution in [0.3, 0.4) is 0 Å². The fraction of sp³-hybridized carbons (Fsp3) is 0.364. The van der Waals surface area contributed by atoms with E-state index in [0.717, 1.165) is 24.8 Å². The van der Waals surface area contributed by atoms with Crippen molar-refractivity contribution < 1.29 is 17.6 Å². The fourth-order valence-corrected chi connectivity index (χ4v) is 5.21. The van der Waals surface area contributed by atoms with Crippen LogP contribution in [0.2, 0.25) is 0 Å². The molecule has 4 rings (SSSR count). The molecular formula is C22H26N4O4S. The number of aromatic nitrogens is 2. The van der Waals surface area contributed by atoms with Crippen LogP contribution in [0.1, 0.15) is 32.1 Å². The predicted octanol–water partition coefficient (Wildman–Crippen LogP) is 3.92. The minimum Gasteiger partial charge on any atom is -0.492 e. The van der Waals surface area contributed by atoms with Gasteiger partial charge in [0.2, 0.25) is 21.8 Å². The first-order chi connectivity index (χ1) is 15.1. The van der Waals surface area contributed by atoms with E-state index in [1.165, 1.54) is 0 Å². The topological polar surface area (TPSA) is 97.6 Å². The highest BCUT2D eigenvalue weighted by Crippen LogP contribution is 2.31. The number of hydrogen-bond acceptors (Lipinski definition) is 7. The molecule has 0 saturated carbocycles. The van der Waals surface area contributed by atoms with E-state index in [-0.39, 0.29) is 11.4 Å². The maximum atomic E-state index is 13.2. The van der Waals surface area contributed by atoms with Crippen LogP contribution in [0.15, 0.2) is 57.8 Å². The molecular weight excluding hydrogens is 416 g/mol. The average Bonchev–Trinajstić information content (AvgIpc) is 3.29. The van der Waals surface area contributed by atoms with E-state index < -0.39 is 10.0 Å². The summed E-state index contributed by atoms with van der Waals surface area (Å²) >= 11 is 0. The van der Waals surface area contributed by atoms with Gasteiger partial charge in [0.05, 0.1) is 13.2 Å². The number of hydrogen-bond donors (Lipinski definition) is 1. The lowest BCUT2D eigenvalue weighted by Crippen LogP contribution is -2.35. The lowest BCUT2D eigenvalue weighted by Gasteiger charge is -2.27. The van der Waals surface area contributed by atoms with E-state index in [1.807, 2.05) is 37.3 Å². The molecule has 1 aliphatic heterocycles. The quantitative estimate of drug-likeness (QED) is 0.565. The zero-order chi connectivity index (χ0) is 21.7. The molecule has 31 heavy (non-hydrogen) atoms. The Kier molecular flexibility index (Phi) is 6.53. The second-order valence-corrected chi connectivity index (χ2v) is 9.19. The van der Waals surface area contributed by atoms with Crippen molar-refractivity contribution in [3.63, 3.8) is 0 Å². The Morgan fingerprint density at radius 3 is 2.58 bits per heavy atom. The first-order valence-electron chi connectivity index (χ1n) is 10.5. The van der Waals surface area contributed by atoms with Crippen molar-refractivity contribution in [2.24, 2.45) is 0 Å². The predicted molar refractivity (Wildman–Crippen MR) is 117 cm³/mol. The third-order valence-corrected chi connectivity index (χ3v) is 7.03. The number of rotatable bonds is 8. The molecule has 3 aromatic rings. The zero-order valence-electron chi connectivity index (χ0n) is 17.5. The van der Waals surface area contributed by atoms with Crippen LogP contribution in [-0.2, 0) is 16.6 Å². The standard InChI is InChI=1S/C22H26N4O4S/c1-2-29-19-12-11-18(15-20(19)31(27,28)26-13-7-4-8-14-26)23-16-21-24-25-22(30-21)17-9-5-3-6-10-17/h3,5-6,9-12,15,23H,2,4,7-8,13-14,16H2,1H3. The molecule has 9 heteroatoms. The minimum atomic E-state index is -3.64. The van der Waals surface area contributed by atoms with Crippen LogP contribution in [0.25, 0.3) is 11.5 Å². The van der Waals surface area contributed by atoms with Gasteiger partial charge in [0.25, 0.3) is 0 Å². The van der Waals surface area contributed by atoms with Crippen molar-refractivity contribution in [1.29, 1.82) is 0 Å². The third kappa shape index (κ3) is 4.88. The molecule has 2 heterocycles. The summed E-state index contributed by atoms with van der Waals surface area (Å²) in [5, 5.41) is 11.3. The summed E-state index contributed by atoms with van der Waals surface area (Å²) in [5.74, 6) is 1.22. The van der Waals surface area contributed by atoms with Gasteiger partial charge in [-0.3, -0.25) is 0 Å². The highest BCUT2D eigenvalue weighted by Gasteiger charge is 2.29. The van der Waals surface area contributed by atoms with Gasteiger partial charge >= 0.3 is 0 Å². The highest BCUT2D eigenvalue weighted by atomic mass is 32.2. The number of piperidine rings is 1. The minimum absolute atomic E-state index is 0.178. The first-order valence-corrected chi connectivity index (χ1v) is 11.9. The molecule has 1 N–H and O–H groups in total. The monoisotopic (exact) mass is 442 g/mol. The van der Waals surface area contributed by atoms with Crippen molar-refractivity contribution in [3.05, 3.63) is 54.4 Å². The van der Waals surface area contributed by atoms with Gasteiger partial charge in [-0.1, -0.05) is 24.6 Å². The van der Waals surface area contributed by atoms with E-state index in [1.54, 1.807) is 22.5 Å². The number of nitrogens with zero attached hydrogens (tertiary/aromatic N) is 3. The molecule has 8 nitrogen and oxygen atoms in total. The summed E-state index contributed by atoms with van der Waals surface area (Å²) in [6, 6.07) is 14.6. The molecule has 0 radical (unpaired) electrons. The molecule has 0 aliphatic carbocycles. The van der Waals surface area contributed by atoms with Crippen molar-refractivity contribution in [2.75, 3.05) is 25.0 Å². The van der Waals surface area contributed by atoms with E-state index in [0.29, 0.717) is 42.9 Å². The van der Waals surface area contributed by atoms with Gasteiger partial charge in [-0.15, -0.1) is 10.2 Å². The fourth-order valence-electron chi connectivity index (χ4n) is 3.54. The van der Waals surface area contributed by atoms with Crippen LogP contribution in [0.5, 0.6) is 5.75 Å². The Morgan fingerprint density at radius 2 is 1.84 bits per heavy atom. The molecule has 1 saturated heterocycles. The Hall–Kier alpha value is -2.91. The van der Waals surface area contributed by atoms with Gasteiger partial charge in [-0.2, -0.15) is 4.31 Å². The number of ether oxygens (including phenoxy) is 1. The molecule has 0 spiro atoms. The smallest absolute Gasteiger partial charge is 0.247 e. The van der Waals surface area contributed by atoms with Crippen molar-refractivity contribution in [3.8, 4) is 17.2 Å². The maximum Gasteiger partial charge on any atom is 0.247 e. The van der Waals surface area contributed by atoms with Crippen LogP contribution in [-0.4, -0.2) is 42.6 Å². The Morgan fingerprint density at radius 1 is 1.06 bits per heavy atom. The Bertz CT molecular complexity index is 1110. The number of nitrogens with one attached hydrogen (secondary N) is 1. The molecule has 1 aromatic heterocycles. The van der Waals surface area contributed by atoms with Crippen molar-refractivity contribution >= 4 is 15.7 Å². The molecule has 1 fully saturated rings. The van der Waals surface area contributed by atoms with Gasteiger partial charge in [0, 0.05) is 24.3 Å². The summed E-state index contributed by atoms with van der Waals surface area (Å²) in [6.07, 6.45) is 2.81. The second kappa shape index (κ2) is 9.49. The van der Waals surface area contributed by atoms with Crippen LogP contribution < -0.4 is 10.1 Å². The lowest BCUT2D eigenvalue weighted by molar-refractivity contribution is 0.323. The van der Waals surface area contributed by atoms with Gasteiger partial charge in [-0.25, -0.2) is 8.42 Å². The Balaban J connectivity index is 1.53. The normalized spacial score (nSPS) is 15.0. The molecule has 0 amide bonds. The second-order valence-electron chi connectivity index (χ2n) is 7.28. The van der Waals surface area contributed by atoms with E-state index >= 15 is 0 Å². The SMILES string of the molecule is CCOc1ccc(NCc2nnc(-c3ccccc3)o2)cc1S(=O)(=O)N1CCCCC1. The molecule has 0 atom stereocenters. The summed E-state index contributed by atoms with van der Waals surface area (Å²) in [5.41, 5.74) is 1.48. The molecule has 0 bridgehead atoms. The third-order valence-electron chi connectivity index (χ3n) is 5.11. The maximum absolute atomic E-state index is 13.2. The Labute approximate surface area is 182 Å². The van der Waals surface area contributed by atoms with E-state index in [4.69, 9.17) is 9.15 Å². The van der Waals surface area contributed by atoms with Gasteiger partial charge in [0.15, 0.2) is 0 Å². The van der Waals surface area contributed by atoms with Gasteiger partial charge in [-0.05, 0) is 50.1 Å². The largest absolute Gasteiger partial charge is 0.492 e. The van der Waals surface area contributed by atoms with Crippen LogP contribution in [0, 0.1) is 0 Å². The number of sulfonamides is 1. The lowest BCUT2D eigenvalue weighted by atomic mass is 10.2. The molecule has 0 unspecified atom stereocenters. The zero-order valence-corrected chi connectivity index (χ0v) is 18.3. The number of anilines is 1. The van der Waals surface area contributed by atoms with Crippen LogP contribution >= 0.6 is 0 Å². The van der Waals surface area contributed by atoms with Crippen molar-refractivity contribution in [2.45, 2.75) is 37.6 Å². The van der Waals surface area contributed by atoms with Crippen LogP contribution in [0.4, 0.5) is 5.69 Å². The van der Waals surface area contributed by atoms with E-state index in [2.05, 4.69) is 15.5 Å². The average molecular weight is 443 g/mol. The summed E-state index contributed by atoms with van der Waals surface area (Å²) < 4.78 is 39.4. The molecule has 1 aliphatic rings. The molecule has 164 valence electrons. The summed E-state index contributed by atoms with van der Waals surface area (Å²) in [4.78, 5) is 0.178. The highest BCUT2D eigenvalue weighted by molar-refractivity contribution is 7.89. The van der Waals surface area contributed by atoms with Gasteiger partial charge < -0.3 is 14.5 Å². The van der Waals surface area contributed by atoms with Gasteiger partial charge in [0.1, 0.15) is 10.6 Å².